The fraction of sp³-hybridized carbons (Fsp3) is 0.321. The standard InChI is InChI=1S/C28H29N5O7S/c1-4-37-27(36)24-23(14-34)30-28(41-24)29-19-11-21(38-15-18-9-10-33(3)26(18)35)13-22(12-19)40-20-7-5-17(6-8-20)25-32-31-16(2)39-25/h5-8,11-13,18,34H,4,9-10,14-15H2,1-3H3,(H,29,30). The molecule has 1 fully saturated rings. The highest BCUT2D eigenvalue weighted by molar-refractivity contribution is 7.17. The molecule has 0 spiro atoms. The van der Waals surface area contributed by atoms with E-state index in [-0.39, 0.29) is 35.6 Å². The van der Waals surface area contributed by atoms with Gasteiger partial charge < -0.3 is 34.0 Å². The molecule has 2 aromatic carbocycles. The van der Waals surface area contributed by atoms with Gasteiger partial charge in [0.05, 0.1) is 31.4 Å². The Labute approximate surface area is 239 Å². The number of carbonyl (C=O) groups is 2. The molecule has 4 aromatic rings. The molecular formula is C28H29N5O7S. The van der Waals surface area contributed by atoms with Gasteiger partial charge in [-0.25, -0.2) is 9.78 Å². The number of likely N-dealkylation sites (tertiary alicyclic amines) is 1. The number of thiazole rings is 1. The second-order valence-corrected chi connectivity index (χ2v) is 10.3. The largest absolute Gasteiger partial charge is 0.493 e. The van der Waals surface area contributed by atoms with Crippen molar-refractivity contribution in [3.63, 3.8) is 0 Å². The molecule has 2 aromatic heterocycles. The van der Waals surface area contributed by atoms with E-state index in [1.54, 1.807) is 56.1 Å². The Hall–Kier alpha value is -4.49. The van der Waals surface area contributed by atoms with Crippen molar-refractivity contribution in [1.29, 1.82) is 0 Å². The number of nitrogens with one attached hydrogen (secondary N) is 1. The molecule has 13 heteroatoms. The van der Waals surface area contributed by atoms with E-state index in [4.69, 9.17) is 18.6 Å². The highest BCUT2D eigenvalue weighted by atomic mass is 32.1. The van der Waals surface area contributed by atoms with Gasteiger partial charge in [0.25, 0.3) is 0 Å². The van der Waals surface area contributed by atoms with Gasteiger partial charge in [-0.05, 0) is 37.6 Å². The van der Waals surface area contributed by atoms with E-state index < -0.39 is 12.6 Å². The lowest BCUT2D eigenvalue weighted by molar-refractivity contribution is -0.130. The Balaban J connectivity index is 1.38. The summed E-state index contributed by atoms with van der Waals surface area (Å²) in [6.07, 6.45) is 0.724. The van der Waals surface area contributed by atoms with E-state index in [9.17, 15) is 14.7 Å². The molecule has 1 unspecified atom stereocenters. The fourth-order valence-electron chi connectivity index (χ4n) is 4.24. The van der Waals surface area contributed by atoms with Crippen LogP contribution in [0.1, 0.15) is 34.6 Å². The summed E-state index contributed by atoms with van der Waals surface area (Å²) in [6, 6.07) is 12.4. The van der Waals surface area contributed by atoms with Gasteiger partial charge >= 0.3 is 5.97 Å². The molecule has 41 heavy (non-hydrogen) atoms. The molecule has 1 atom stereocenters. The molecule has 12 nitrogen and oxygen atoms in total. The minimum absolute atomic E-state index is 0.0538. The summed E-state index contributed by atoms with van der Waals surface area (Å²) in [7, 11) is 1.78. The summed E-state index contributed by atoms with van der Waals surface area (Å²) in [5.41, 5.74) is 1.55. The van der Waals surface area contributed by atoms with E-state index in [0.717, 1.165) is 23.3 Å². The number of aliphatic hydroxyl groups excluding tert-OH is 1. The number of hydrogen-bond acceptors (Lipinski definition) is 12. The van der Waals surface area contributed by atoms with Crippen LogP contribution in [0.2, 0.25) is 0 Å². The number of amides is 1. The number of rotatable bonds is 11. The molecule has 0 bridgehead atoms. The Morgan fingerprint density at radius 2 is 1.95 bits per heavy atom. The van der Waals surface area contributed by atoms with Crippen molar-refractivity contribution >= 4 is 34.0 Å². The zero-order valence-electron chi connectivity index (χ0n) is 22.7. The number of esters is 1. The Morgan fingerprint density at radius 1 is 1.17 bits per heavy atom. The molecule has 1 aliphatic heterocycles. The first-order valence-electron chi connectivity index (χ1n) is 13.0. The lowest BCUT2D eigenvalue weighted by Gasteiger charge is -2.15. The van der Waals surface area contributed by atoms with Gasteiger partial charge in [-0.1, -0.05) is 11.3 Å². The lowest BCUT2D eigenvalue weighted by Crippen LogP contribution is -2.25. The predicted octanol–water partition coefficient (Wildman–Crippen LogP) is 4.56. The number of carbonyl (C=O) groups excluding carboxylic acids is 2. The quantitative estimate of drug-likeness (QED) is 0.241. The van der Waals surface area contributed by atoms with Crippen LogP contribution >= 0.6 is 11.3 Å². The van der Waals surface area contributed by atoms with Gasteiger partial charge in [-0.2, -0.15) is 0 Å². The maximum atomic E-state index is 12.4. The predicted molar refractivity (Wildman–Crippen MR) is 150 cm³/mol. The SMILES string of the molecule is CCOC(=O)c1sc(Nc2cc(OCC3CCN(C)C3=O)cc(Oc3ccc(-c4nnc(C)o4)cc3)c2)nc1CO. The Bertz CT molecular complexity index is 1540. The van der Waals surface area contributed by atoms with Crippen LogP contribution in [0, 0.1) is 12.8 Å². The van der Waals surface area contributed by atoms with Crippen molar-refractivity contribution in [3.05, 3.63) is 58.9 Å². The Kier molecular flexibility index (Phi) is 8.45. The number of aliphatic hydroxyl groups is 1. The van der Waals surface area contributed by atoms with Gasteiger partial charge in [-0.3, -0.25) is 4.79 Å². The number of aromatic nitrogens is 3. The van der Waals surface area contributed by atoms with Crippen molar-refractivity contribution in [2.75, 3.05) is 32.1 Å². The lowest BCUT2D eigenvalue weighted by atomic mass is 10.1. The number of nitrogens with zero attached hydrogens (tertiary/aromatic N) is 4. The average Bonchev–Trinajstić information content (AvgIpc) is 3.67. The molecule has 0 aliphatic carbocycles. The van der Waals surface area contributed by atoms with E-state index in [1.807, 2.05) is 12.1 Å². The van der Waals surface area contributed by atoms with Gasteiger partial charge in [0, 0.05) is 50.0 Å². The first-order chi connectivity index (χ1) is 19.8. The molecule has 5 rings (SSSR count). The first kappa shape index (κ1) is 28.1. The molecule has 0 radical (unpaired) electrons. The van der Waals surface area contributed by atoms with Crippen molar-refractivity contribution in [1.82, 2.24) is 20.1 Å². The summed E-state index contributed by atoms with van der Waals surface area (Å²) in [5.74, 6) is 1.68. The minimum atomic E-state index is -0.548. The van der Waals surface area contributed by atoms with Crippen molar-refractivity contribution in [3.8, 4) is 28.7 Å². The van der Waals surface area contributed by atoms with Gasteiger partial charge in [-0.15, -0.1) is 10.2 Å². The van der Waals surface area contributed by atoms with E-state index in [2.05, 4.69) is 20.5 Å². The van der Waals surface area contributed by atoms with E-state index >= 15 is 0 Å². The third-order valence-corrected chi connectivity index (χ3v) is 7.28. The van der Waals surface area contributed by atoms with Crippen LogP contribution in [0.4, 0.5) is 10.8 Å². The minimum Gasteiger partial charge on any atom is -0.493 e. The second kappa shape index (κ2) is 12.4. The third kappa shape index (κ3) is 6.64. The summed E-state index contributed by atoms with van der Waals surface area (Å²) in [6.45, 7) is 4.15. The van der Waals surface area contributed by atoms with Gasteiger partial charge in [0.2, 0.25) is 17.7 Å². The molecule has 3 heterocycles. The average molecular weight is 580 g/mol. The molecule has 0 saturated carbocycles. The summed E-state index contributed by atoms with van der Waals surface area (Å²) in [5, 5.41) is 21.1. The third-order valence-electron chi connectivity index (χ3n) is 6.29. The zero-order chi connectivity index (χ0) is 28.9. The number of hydrogen-bond donors (Lipinski definition) is 2. The first-order valence-corrected chi connectivity index (χ1v) is 13.8. The highest BCUT2D eigenvalue weighted by Gasteiger charge is 2.29. The van der Waals surface area contributed by atoms with Crippen molar-refractivity contribution < 1.29 is 33.3 Å². The van der Waals surface area contributed by atoms with Crippen LogP contribution in [0.5, 0.6) is 17.2 Å². The molecule has 1 saturated heterocycles. The second-order valence-electron chi connectivity index (χ2n) is 9.30. The Morgan fingerprint density at radius 3 is 2.61 bits per heavy atom. The van der Waals surface area contributed by atoms with Crippen LogP contribution in [-0.2, 0) is 16.1 Å². The van der Waals surface area contributed by atoms with Crippen LogP contribution in [0.25, 0.3) is 11.5 Å². The van der Waals surface area contributed by atoms with E-state index in [0.29, 0.717) is 46.4 Å². The van der Waals surface area contributed by atoms with Crippen LogP contribution in [0.15, 0.2) is 46.9 Å². The normalized spacial score (nSPS) is 14.8. The summed E-state index contributed by atoms with van der Waals surface area (Å²) >= 11 is 1.07. The summed E-state index contributed by atoms with van der Waals surface area (Å²) in [4.78, 5) is 30.9. The van der Waals surface area contributed by atoms with Crippen molar-refractivity contribution in [2.45, 2.75) is 26.9 Å². The molecule has 1 aliphatic rings. The molecular weight excluding hydrogens is 550 g/mol. The van der Waals surface area contributed by atoms with Crippen molar-refractivity contribution in [2.24, 2.45) is 5.92 Å². The number of aryl methyl sites for hydroxylation is 1. The van der Waals surface area contributed by atoms with Gasteiger partial charge in [0.15, 0.2) is 5.13 Å². The number of benzene rings is 2. The van der Waals surface area contributed by atoms with Crippen LogP contribution in [0.3, 0.4) is 0 Å². The smallest absolute Gasteiger partial charge is 0.350 e. The molecule has 2 N–H and O–H groups in total. The zero-order valence-corrected chi connectivity index (χ0v) is 23.6. The van der Waals surface area contributed by atoms with Gasteiger partial charge in [0.1, 0.15) is 22.1 Å². The molecule has 1 amide bonds. The maximum absolute atomic E-state index is 12.4. The maximum Gasteiger partial charge on any atom is 0.350 e. The van der Waals surface area contributed by atoms with Crippen LogP contribution < -0.4 is 14.8 Å². The molecule has 214 valence electrons. The highest BCUT2D eigenvalue weighted by Crippen LogP contribution is 2.34. The van der Waals surface area contributed by atoms with Crippen LogP contribution in [-0.4, -0.2) is 63.9 Å². The fourth-order valence-corrected chi connectivity index (χ4v) is 5.13. The topological polar surface area (TPSA) is 149 Å². The summed E-state index contributed by atoms with van der Waals surface area (Å²) < 4.78 is 22.7. The van der Waals surface area contributed by atoms with E-state index in [1.165, 1.54) is 0 Å². The number of anilines is 2. The number of ether oxygens (including phenoxy) is 3. The monoisotopic (exact) mass is 579 g/mol.